The molecule has 0 heterocycles. The highest BCUT2D eigenvalue weighted by atomic mass is 31.2. The molecule has 0 amide bonds. The smallest absolute Gasteiger partial charge is 0.462 e. The van der Waals surface area contributed by atoms with Crippen LogP contribution < -0.4 is 0 Å². The molecule has 0 rings (SSSR count). The first kappa shape index (κ1) is 95.1. The number of phosphoric ester groups is 2. The second-order valence-electron chi connectivity index (χ2n) is 28.8. The molecular formula is C78H152O17P2. The highest BCUT2D eigenvalue weighted by molar-refractivity contribution is 7.47. The Balaban J connectivity index is 5.27. The summed E-state index contributed by atoms with van der Waals surface area (Å²) in [6.45, 7) is 9.65. The molecule has 0 aliphatic heterocycles. The van der Waals surface area contributed by atoms with Crippen LogP contribution in [0, 0.1) is 11.8 Å². The van der Waals surface area contributed by atoms with E-state index in [0.29, 0.717) is 25.7 Å². The molecule has 0 aromatic rings. The summed E-state index contributed by atoms with van der Waals surface area (Å²) in [4.78, 5) is 72.9. The molecule has 3 N–H and O–H groups in total. The lowest BCUT2D eigenvalue weighted by atomic mass is 9.99. The highest BCUT2D eigenvalue weighted by Crippen LogP contribution is 2.45. The number of carbonyl (C=O) groups excluding carboxylic acids is 4. The molecule has 0 aromatic heterocycles. The number of carbonyl (C=O) groups is 4. The van der Waals surface area contributed by atoms with Gasteiger partial charge in [-0.05, 0) is 37.5 Å². The number of ether oxygens (including phenoxy) is 4. The van der Waals surface area contributed by atoms with Gasteiger partial charge in [0, 0.05) is 25.7 Å². The maximum absolute atomic E-state index is 13.1. The average Bonchev–Trinajstić information content (AvgIpc) is 2.53. The van der Waals surface area contributed by atoms with Crippen molar-refractivity contribution in [2.75, 3.05) is 39.6 Å². The lowest BCUT2D eigenvalue weighted by molar-refractivity contribution is -0.161. The fraction of sp³-hybridized carbons (Fsp3) is 0.949. The molecule has 0 bridgehead atoms. The molecule has 0 spiro atoms. The molecule has 3 unspecified atom stereocenters. The van der Waals surface area contributed by atoms with E-state index in [1.807, 2.05) is 0 Å². The molecule has 17 nitrogen and oxygen atoms in total. The van der Waals surface area contributed by atoms with Crippen molar-refractivity contribution in [1.82, 2.24) is 0 Å². The van der Waals surface area contributed by atoms with Gasteiger partial charge in [0.25, 0.3) is 0 Å². The molecule has 19 heteroatoms. The molecule has 0 saturated carbocycles. The lowest BCUT2D eigenvalue weighted by Crippen LogP contribution is -2.30. The normalized spacial score (nSPS) is 14.2. The van der Waals surface area contributed by atoms with Gasteiger partial charge in [0.1, 0.15) is 19.3 Å². The number of unbranched alkanes of at least 4 members (excludes halogenated alkanes) is 46. The van der Waals surface area contributed by atoms with Crippen LogP contribution in [-0.2, 0) is 65.4 Å². The van der Waals surface area contributed by atoms with E-state index >= 15 is 0 Å². The van der Waals surface area contributed by atoms with Gasteiger partial charge in [0.15, 0.2) is 12.2 Å². The van der Waals surface area contributed by atoms with Crippen LogP contribution in [0.4, 0.5) is 0 Å². The Labute approximate surface area is 594 Å². The maximum Gasteiger partial charge on any atom is 0.472 e. The van der Waals surface area contributed by atoms with Crippen LogP contribution in [-0.4, -0.2) is 96.7 Å². The number of aliphatic hydroxyl groups excluding tert-OH is 1. The molecule has 6 atom stereocenters. The Kier molecular flexibility index (Phi) is 68.4. The first-order chi connectivity index (χ1) is 46.9. The van der Waals surface area contributed by atoms with Gasteiger partial charge in [0.05, 0.1) is 26.4 Å². The minimum Gasteiger partial charge on any atom is -0.462 e. The molecule has 0 aromatic carbocycles. The number of esters is 4. The van der Waals surface area contributed by atoms with Gasteiger partial charge in [-0.25, -0.2) is 9.13 Å². The van der Waals surface area contributed by atoms with Gasteiger partial charge in [-0.1, -0.05) is 356 Å². The first-order valence-electron chi connectivity index (χ1n) is 40.5. The Hall–Kier alpha value is -1.94. The van der Waals surface area contributed by atoms with E-state index in [4.69, 9.17) is 37.0 Å². The predicted octanol–water partition coefficient (Wildman–Crippen LogP) is 23.1. The SMILES string of the molecule is CCCCCCCCCCCCCCCCCC(=O)OC[C@H](COP(=O)(O)OC[C@@H](O)COP(=O)(O)OC[C@@H](COC(=O)CCCCCCCCCCC(C)CC)OC(=O)CCCCCCCCCCCCCCC)OC(=O)CCCCCCCCCCCCCCCCC(C)C. The monoisotopic (exact) mass is 1420 g/mol. The first-order valence-corrected chi connectivity index (χ1v) is 43.5. The van der Waals surface area contributed by atoms with E-state index in [2.05, 4.69) is 41.5 Å². The van der Waals surface area contributed by atoms with E-state index in [1.165, 1.54) is 225 Å². The van der Waals surface area contributed by atoms with Crippen molar-refractivity contribution in [2.24, 2.45) is 11.8 Å². The third kappa shape index (κ3) is 70.9. The maximum atomic E-state index is 13.1. The standard InChI is InChI=1S/C78H152O17P2/c1-7-10-12-14-16-18-20-22-23-28-31-35-42-48-54-60-75(80)88-66-73(94-78(83)63-57-51-45-37-33-29-25-24-27-30-34-40-46-52-58-70(4)5)68-92-96(84,85)90-64-72(79)65-91-97(86,87)93-69-74(67-89-76(81)61-55-49-43-39-38-41-47-53-59-71(6)9-3)95-77(82)62-56-50-44-36-32-26-21-19-17-15-13-11-8-2/h70-74,79H,7-69H2,1-6H3,(H,84,85)(H,86,87)/t71?,72-,73-,74-/m1/s1. The number of rotatable bonds is 77. The quantitative estimate of drug-likeness (QED) is 0.0222. The van der Waals surface area contributed by atoms with Gasteiger partial charge >= 0.3 is 39.5 Å². The number of aliphatic hydroxyl groups is 1. The van der Waals surface area contributed by atoms with Crippen LogP contribution in [0.3, 0.4) is 0 Å². The van der Waals surface area contributed by atoms with Crippen molar-refractivity contribution in [3.8, 4) is 0 Å². The Morgan fingerprint density at radius 1 is 0.299 bits per heavy atom. The van der Waals surface area contributed by atoms with Crippen LogP contribution in [0.25, 0.3) is 0 Å². The molecule has 0 aliphatic carbocycles. The van der Waals surface area contributed by atoms with E-state index in [9.17, 15) is 43.2 Å². The number of hydrogen-bond donors (Lipinski definition) is 3. The minimum atomic E-state index is -4.96. The average molecular weight is 1420 g/mol. The zero-order chi connectivity index (χ0) is 71.4. The Bertz CT molecular complexity index is 1870. The van der Waals surface area contributed by atoms with E-state index < -0.39 is 97.5 Å². The topological polar surface area (TPSA) is 237 Å². The minimum absolute atomic E-state index is 0.107. The molecule has 0 aliphatic rings. The molecule has 97 heavy (non-hydrogen) atoms. The third-order valence-corrected chi connectivity index (χ3v) is 20.5. The fourth-order valence-corrected chi connectivity index (χ4v) is 13.6. The largest absolute Gasteiger partial charge is 0.472 e. The van der Waals surface area contributed by atoms with Crippen molar-refractivity contribution in [1.29, 1.82) is 0 Å². The van der Waals surface area contributed by atoms with Crippen molar-refractivity contribution >= 4 is 39.5 Å². The molecular weight excluding hydrogens is 1270 g/mol. The van der Waals surface area contributed by atoms with Gasteiger partial charge in [-0.2, -0.15) is 0 Å². The summed E-state index contributed by atoms with van der Waals surface area (Å²) in [6.07, 6.45) is 58.0. The van der Waals surface area contributed by atoms with Crippen LogP contribution in [0.2, 0.25) is 0 Å². The summed E-state index contributed by atoms with van der Waals surface area (Å²) in [7, 11) is -9.92. The second kappa shape index (κ2) is 69.8. The van der Waals surface area contributed by atoms with Crippen LogP contribution >= 0.6 is 15.6 Å². The molecule has 576 valence electrons. The van der Waals surface area contributed by atoms with Crippen molar-refractivity contribution in [3.63, 3.8) is 0 Å². The van der Waals surface area contributed by atoms with Crippen molar-refractivity contribution in [3.05, 3.63) is 0 Å². The van der Waals surface area contributed by atoms with Crippen molar-refractivity contribution < 1.29 is 80.2 Å². The van der Waals surface area contributed by atoms with Gasteiger partial charge < -0.3 is 33.8 Å². The summed E-state index contributed by atoms with van der Waals surface area (Å²) < 4.78 is 68.6. The zero-order valence-electron chi connectivity index (χ0n) is 63.4. The Morgan fingerprint density at radius 3 is 0.784 bits per heavy atom. The molecule has 0 radical (unpaired) electrons. The van der Waals surface area contributed by atoms with Gasteiger partial charge in [0.2, 0.25) is 0 Å². The molecule has 0 saturated heterocycles. The van der Waals surface area contributed by atoms with Crippen LogP contribution in [0.15, 0.2) is 0 Å². The van der Waals surface area contributed by atoms with E-state index in [0.717, 1.165) is 102 Å². The number of phosphoric acid groups is 2. The summed E-state index contributed by atoms with van der Waals surface area (Å²) in [5, 5.41) is 10.6. The van der Waals surface area contributed by atoms with Crippen LogP contribution in [0.1, 0.15) is 408 Å². The van der Waals surface area contributed by atoms with E-state index in [1.54, 1.807) is 0 Å². The van der Waals surface area contributed by atoms with Gasteiger partial charge in [-0.3, -0.25) is 37.3 Å². The third-order valence-electron chi connectivity index (χ3n) is 18.6. The number of hydrogen-bond acceptors (Lipinski definition) is 15. The Morgan fingerprint density at radius 2 is 0.526 bits per heavy atom. The van der Waals surface area contributed by atoms with Crippen LogP contribution in [0.5, 0.6) is 0 Å². The second-order valence-corrected chi connectivity index (χ2v) is 31.7. The van der Waals surface area contributed by atoms with Crippen molar-refractivity contribution in [2.45, 2.75) is 426 Å². The summed E-state index contributed by atoms with van der Waals surface area (Å²) in [5.41, 5.74) is 0. The summed E-state index contributed by atoms with van der Waals surface area (Å²) in [5.74, 6) is -0.537. The summed E-state index contributed by atoms with van der Waals surface area (Å²) in [6, 6.07) is 0. The van der Waals surface area contributed by atoms with E-state index in [-0.39, 0.29) is 25.7 Å². The highest BCUT2D eigenvalue weighted by Gasteiger charge is 2.30. The van der Waals surface area contributed by atoms with Gasteiger partial charge in [-0.15, -0.1) is 0 Å². The predicted molar refractivity (Wildman–Crippen MR) is 395 cm³/mol. The molecule has 0 fully saturated rings. The zero-order valence-corrected chi connectivity index (χ0v) is 65.2. The fourth-order valence-electron chi connectivity index (χ4n) is 12.0. The lowest BCUT2D eigenvalue weighted by Gasteiger charge is -2.21. The summed E-state index contributed by atoms with van der Waals surface area (Å²) >= 11 is 0.